The largest absolute Gasteiger partial charge is 0.459 e. The SMILES string of the molecule is O=C(N[C@@H]1CN(C(=O)c2ccco2)CC[C@@H]1CO)C1CC1. The van der Waals surface area contributed by atoms with Crippen molar-refractivity contribution in [1.82, 2.24) is 10.2 Å². The lowest BCUT2D eigenvalue weighted by molar-refractivity contribution is -0.123. The number of amides is 2. The van der Waals surface area contributed by atoms with Crippen molar-refractivity contribution < 1.29 is 19.1 Å². The Morgan fingerprint density at radius 1 is 1.38 bits per heavy atom. The van der Waals surface area contributed by atoms with Crippen LogP contribution in [0.25, 0.3) is 0 Å². The minimum atomic E-state index is -0.184. The van der Waals surface area contributed by atoms with Gasteiger partial charge in [-0.2, -0.15) is 0 Å². The molecule has 0 bridgehead atoms. The Morgan fingerprint density at radius 2 is 2.19 bits per heavy atom. The average molecular weight is 292 g/mol. The number of hydrogen-bond donors (Lipinski definition) is 2. The van der Waals surface area contributed by atoms with Crippen LogP contribution in [0.4, 0.5) is 0 Å². The molecule has 6 nitrogen and oxygen atoms in total. The van der Waals surface area contributed by atoms with Crippen LogP contribution in [0.1, 0.15) is 29.8 Å². The summed E-state index contributed by atoms with van der Waals surface area (Å²) in [7, 11) is 0. The lowest BCUT2D eigenvalue weighted by Gasteiger charge is -2.37. The average Bonchev–Trinajstić information content (AvgIpc) is 3.22. The van der Waals surface area contributed by atoms with Crippen LogP contribution < -0.4 is 5.32 Å². The molecule has 6 heteroatoms. The second-order valence-corrected chi connectivity index (χ2v) is 5.85. The van der Waals surface area contributed by atoms with Crippen molar-refractivity contribution >= 4 is 11.8 Å². The van der Waals surface area contributed by atoms with E-state index >= 15 is 0 Å². The molecular weight excluding hydrogens is 272 g/mol. The van der Waals surface area contributed by atoms with Crippen LogP contribution >= 0.6 is 0 Å². The molecule has 21 heavy (non-hydrogen) atoms. The molecule has 1 aromatic heterocycles. The van der Waals surface area contributed by atoms with Crippen molar-refractivity contribution in [1.29, 1.82) is 0 Å². The van der Waals surface area contributed by atoms with Gasteiger partial charge in [0, 0.05) is 31.5 Å². The molecule has 1 saturated carbocycles. The molecule has 1 aromatic rings. The zero-order valence-corrected chi connectivity index (χ0v) is 11.8. The first-order valence-electron chi connectivity index (χ1n) is 7.43. The highest BCUT2D eigenvalue weighted by atomic mass is 16.3. The number of nitrogens with one attached hydrogen (secondary N) is 1. The van der Waals surface area contributed by atoms with Crippen molar-refractivity contribution in [3.8, 4) is 0 Å². The molecule has 2 fully saturated rings. The van der Waals surface area contributed by atoms with Gasteiger partial charge < -0.3 is 19.7 Å². The van der Waals surface area contributed by atoms with Gasteiger partial charge in [-0.05, 0) is 31.4 Å². The number of aliphatic hydroxyl groups is 1. The summed E-state index contributed by atoms with van der Waals surface area (Å²) in [5, 5.41) is 12.5. The summed E-state index contributed by atoms with van der Waals surface area (Å²) >= 11 is 0. The lowest BCUT2D eigenvalue weighted by Crippen LogP contribution is -2.55. The summed E-state index contributed by atoms with van der Waals surface area (Å²) in [5.41, 5.74) is 0. The van der Waals surface area contributed by atoms with E-state index in [0.717, 1.165) is 12.8 Å². The Bertz CT molecular complexity index is 510. The molecule has 0 radical (unpaired) electrons. The van der Waals surface area contributed by atoms with E-state index in [2.05, 4.69) is 5.32 Å². The summed E-state index contributed by atoms with van der Waals surface area (Å²) < 4.78 is 5.14. The van der Waals surface area contributed by atoms with Crippen LogP contribution in [0, 0.1) is 11.8 Å². The molecule has 2 N–H and O–H groups in total. The Labute approximate surface area is 123 Å². The fraction of sp³-hybridized carbons (Fsp3) is 0.600. The number of hydrogen-bond acceptors (Lipinski definition) is 4. The Balaban J connectivity index is 1.65. The number of carbonyl (C=O) groups excluding carboxylic acids is 2. The van der Waals surface area contributed by atoms with Gasteiger partial charge in [0.1, 0.15) is 0 Å². The van der Waals surface area contributed by atoms with Gasteiger partial charge in [-0.1, -0.05) is 0 Å². The van der Waals surface area contributed by atoms with E-state index in [1.165, 1.54) is 6.26 Å². The van der Waals surface area contributed by atoms with Crippen molar-refractivity contribution in [3.05, 3.63) is 24.2 Å². The third-order valence-corrected chi connectivity index (χ3v) is 4.29. The van der Waals surface area contributed by atoms with Gasteiger partial charge in [0.05, 0.1) is 12.3 Å². The van der Waals surface area contributed by atoms with Crippen LogP contribution in [-0.2, 0) is 4.79 Å². The van der Waals surface area contributed by atoms with E-state index < -0.39 is 0 Å². The Morgan fingerprint density at radius 3 is 2.81 bits per heavy atom. The first-order chi connectivity index (χ1) is 10.2. The summed E-state index contributed by atoms with van der Waals surface area (Å²) in [6.45, 7) is 1.02. The van der Waals surface area contributed by atoms with Crippen molar-refractivity contribution in [2.45, 2.75) is 25.3 Å². The molecule has 0 aromatic carbocycles. The maximum Gasteiger partial charge on any atom is 0.289 e. The number of piperidine rings is 1. The molecule has 1 aliphatic heterocycles. The molecule has 0 unspecified atom stereocenters. The first-order valence-corrected chi connectivity index (χ1v) is 7.43. The molecule has 1 aliphatic carbocycles. The predicted octanol–water partition coefficient (Wildman–Crippen LogP) is 0.629. The fourth-order valence-electron chi connectivity index (χ4n) is 2.77. The second-order valence-electron chi connectivity index (χ2n) is 5.85. The van der Waals surface area contributed by atoms with Crippen LogP contribution in [0.15, 0.2) is 22.8 Å². The van der Waals surface area contributed by atoms with E-state index in [9.17, 15) is 14.7 Å². The number of rotatable bonds is 4. The van der Waals surface area contributed by atoms with Gasteiger partial charge in [-0.25, -0.2) is 0 Å². The summed E-state index contributed by atoms with van der Waals surface area (Å²) in [4.78, 5) is 25.9. The molecule has 2 aliphatic rings. The zero-order valence-electron chi connectivity index (χ0n) is 11.8. The highest BCUT2D eigenvalue weighted by Gasteiger charge is 2.36. The fourth-order valence-corrected chi connectivity index (χ4v) is 2.77. The summed E-state index contributed by atoms with van der Waals surface area (Å²) in [6.07, 6.45) is 4.04. The number of likely N-dealkylation sites (tertiary alicyclic amines) is 1. The van der Waals surface area contributed by atoms with Gasteiger partial charge in [-0.15, -0.1) is 0 Å². The van der Waals surface area contributed by atoms with Gasteiger partial charge >= 0.3 is 0 Å². The monoisotopic (exact) mass is 292 g/mol. The second kappa shape index (κ2) is 5.89. The molecule has 2 atom stereocenters. The predicted molar refractivity (Wildman–Crippen MR) is 74.5 cm³/mol. The maximum atomic E-state index is 12.3. The van der Waals surface area contributed by atoms with Gasteiger partial charge in [-0.3, -0.25) is 9.59 Å². The highest BCUT2D eigenvalue weighted by molar-refractivity contribution is 5.91. The standard InChI is InChI=1S/C15H20N2O4/c18-9-11-5-6-17(15(20)13-2-1-7-21-13)8-12(11)16-14(19)10-3-4-10/h1-2,7,10-12,18H,3-6,8-9H2,(H,16,19)/t11-,12-/m1/s1. The normalized spacial score (nSPS) is 25.7. The van der Waals surface area contributed by atoms with E-state index in [0.29, 0.717) is 25.3 Å². The van der Waals surface area contributed by atoms with Gasteiger partial charge in [0.25, 0.3) is 5.91 Å². The Kier molecular flexibility index (Phi) is 3.96. The zero-order chi connectivity index (χ0) is 14.8. The number of aliphatic hydroxyl groups excluding tert-OH is 1. The quantitative estimate of drug-likeness (QED) is 0.852. The minimum Gasteiger partial charge on any atom is -0.459 e. The van der Waals surface area contributed by atoms with Gasteiger partial charge in [0.2, 0.25) is 5.91 Å². The lowest BCUT2D eigenvalue weighted by atomic mass is 9.92. The van der Waals surface area contributed by atoms with Crippen molar-refractivity contribution in [3.63, 3.8) is 0 Å². The molecule has 3 rings (SSSR count). The molecular formula is C15H20N2O4. The third kappa shape index (κ3) is 3.10. The van der Waals surface area contributed by atoms with Gasteiger partial charge in [0.15, 0.2) is 5.76 Å². The van der Waals surface area contributed by atoms with Crippen molar-refractivity contribution in [2.24, 2.45) is 11.8 Å². The number of carbonyl (C=O) groups is 2. The molecule has 1 saturated heterocycles. The molecule has 114 valence electrons. The highest BCUT2D eigenvalue weighted by Crippen LogP contribution is 2.30. The van der Waals surface area contributed by atoms with E-state index in [1.807, 2.05) is 0 Å². The molecule has 2 amide bonds. The minimum absolute atomic E-state index is 0.00773. The van der Waals surface area contributed by atoms with Crippen LogP contribution in [0.3, 0.4) is 0 Å². The molecule has 0 spiro atoms. The smallest absolute Gasteiger partial charge is 0.289 e. The number of furan rings is 1. The molecule has 2 heterocycles. The topological polar surface area (TPSA) is 82.8 Å². The van der Waals surface area contributed by atoms with Crippen LogP contribution in [-0.4, -0.2) is 47.6 Å². The van der Waals surface area contributed by atoms with E-state index in [-0.39, 0.29) is 36.3 Å². The summed E-state index contributed by atoms with van der Waals surface area (Å²) in [6, 6.07) is 3.13. The van der Waals surface area contributed by atoms with E-state index in [1.54, 1.807) is 17.0 Å². The number of nitrogens with zero attached hydrogens (tertiary/aromatic N) is 1. The summed E-state index contributed by atoms with van der Waals surface area (Å²) in [5.74, 6) is 0.325. The first kappa shape index (κ1) is 14.1. The van der Waals surface area contributed by atoms with Crippen molar-refractivity contribution in [2.75, 3.05) is 19.7 Å². The van der Waals surface area contributed by atoms with Crippen LogP contribution in [0.2, 0.25) is 0 Å². The maximum absolute atomic E-state index is 12.3. The van der Waals surface area contributed by atoms with E-state index in [4.69, 9.17) is 4.42 Å². The Hall–Kier alpha value is -1.82. The van der Waals surface area contributed by atoms with Crippen LogP contribution in [0.5, 0.6) is 0 Å². The third-order valence-electron chi connectivity index (χ3n) is 4.29.